The number of rotatable bonds is 3. The van der Waals surface area contributed by atoms with Crippen molar-refractivity contribution in [3.63, 3.8) is 0 Å². The van der Waals surface area contributed by atoms with Gasteiger partial charge in [0, 0.05) is 18.3 Å². The lowest BCUT2D eigenvalue weighted by molar-refractivity contribution is -0.125. The highest BCUT2D eigenvalue weighted by molar-refractivity contribution is 5.79. The van der Waals surface area contributed by atoms with Crippen molar-refractivity contribution < 1.29 is 4.79 Å². The van der Waals surface area contributed by atoms with Crippen LogP contribution < -0.4 is 5.32 Å². The summed E-state index contributed by atoms with van der Waals surface area (Å²) in [6.45, 7) is 0.488. The monoisotopic (exact) mass is 306 g/mol. The van der Waals surface area contributed by atoms with Gasteiger partial charge in [0.05, 0.1) is 24.6 Å². The van der Waals surface area contributed by atoms with E-state index in [0.29, 0.717) is 6.54 Å². The van der Waals surface area contributed by atoms with E-state index in [1.54, 1.807) is 18.6 Å². The fraction of sp³-hybridized carbons (Fsp3) is 0.278. The van der Waals surface area contributed by atoms with Gasteiger partial charge in [-0.05, 0) is 30.4 Å². The molecule has 23 heavy (non-hydrogen) atoms. The van der Waals surface area contributed by atoms with E-state index < -0.39 is 0 Å². The molecule has 0 bridgehead atoms. The van der Waals surface area contributed by atoms with Crippen LogP contribution in [0.5, 0.6) is 0 Å². The minimum atomic E-state index is 0.0609. The van der Waals surface area contributed by atoms with Crippen LogP contribution in [0.4, 0.5) is 0 Å². The van der Waals surface area contributed by atoms with Gasteiger partial charge in [-0.25, -0.2) is 4.98 Å². The van der Waals surface area contributed by atoms with Crippen molar-refractivity contribution in [2.24, 2.45) is 5.92 Å². The number of carbonyl (C=O) groups excluding carboxylic acids is 1. The average Bonchev–Trinajstić information content (AvgIpc) is 3.02. The van der Waals surface area contributed by atoms with Crippen LogP contribution in [0.2, 0.25) is 0 Å². The zero-order valence-corrected chi connectivity index (χ0v) is 12.8. The summed E-state index contributed by atoms with van der Waals surface area (Å²) in [5.41, 5.74) is 4.45. The van der Waals surface area contributed by atoms with E-state index in [2.05, 4.69) is 33.5 Å². The second kappa shape index (κ2) is 5.83. The Labute approximate surface area is 134 Å². The van der Waals surface area contributed by atoms with Crippen LogP contribution in [0, 0.1) is 5.92 Å². The Morgan fingerprint density at radius 3 is 3.04 bits per heavy atom. The Morgan fingerprint density at radius 1 is 1.26 bits per heavy atom. The van der Waals surface area contributed by atoms with Crippen LogP contribution in [0.3, 0.4) is 0 Å². The second-order valence-corrected chi connectivity index (χ2v) is 5.98. The van der Waals surface area contributed by atoms with Crippen molar-refractivity contribution in [3.8, 4) is 0 Å². The molecule has 0 unspecified atom stereocenters. The summed E-state index contributed by atoms with van der Waals surface area (Å²) < 4.78 is 1.95. The van der Waals surface area contributed by atoms with Gasteiger partial charge in [0.2, 0.25) is 5.91 Å². The van der Waals surface area contributed by atoms with Crippen molar-refractivity contribution in [2.75, 3.05) is 0 Å². The summed E-state index contributed by atoms with van der Waals surface area (Å²) in [5.74, 6) is 0.189. The number of aryl methyl sites for hydroxylation is 1. The molecule has 5 heteroatoms. The Balaban J connectivity index is 1.43. The molecule has 0 saturated heterocycles. The van der Waals surface area contributed by atoms with Crippen LogP contribution >= 0.6 is 0 Å². The first-order valence-corrected chi connectivity index (χ1v) is 7.92. The zero-order chi connectivity index (χ0) is 15.6. The molecule has 0 saturated carbocycles. The number of nitrogens with zero attached hydrogens (tertiary/aromatic N) is 3. The maximum atomic E-state index is 12.5. The van der Waals surface area contributed by atoms with Crippen LogP contribution in [0.1, 0.15) is 23.2 Å². The quantitative estimate of drug-likeness (QED) is 0.806. The minimum absolute atomic E-state index is 0.0609. The molecule has 1 aliphatic carbocycles. The largest absolute Gasteiger partial charge is 0.350 e. The zero-order valence-electron chi connectivity index (χ0n) is 12.8. The highest BCUT2D eigenvalue weighted by Gasteiger charge is 2.24. The first-order chi connectivity index (χ1) is 11.3. The first kappa shape index (κ1) is 13.9. The summed E-state index contributed by atoms with van der Waals surface area (Å²) >= 11 is 0. The normalized spacial score (nSPS) is 17.0. The molecule has 1 amide bonds. The topological polar surface area (TPSA) is 59.3 Å². The van der Waals surface area contributed by atoms with E-state index >= 15 is 0 Å². The van der Waals surface area contributed by atoms with Crippen molar-refractivity contribution in [1.82, 2.24) is 19.7 Å². The molecule has 0 spiro atoms. The summed E-state index contributed by atoms with van der Waals surface area (Å²) in [6, 6.07) is 8.41. The predicted octanol–water partition coefficient (Wildman–Crippen LogP) is 2.15. The maximum Gasteiger partial charge on any atom is 0.223 e. The average molecular weight is 306 g/mol. The number of benzene rings is 1. The van der Waals surface area contributed by atoms with Crippen molar-refractivity contribution in [2.45, 2.75) is 25.8 Å². The third-order valence-corrected chi connectivity index (χ3v) is 4.56. The van der Waals surface area contributed by atoms with E-state index in [9.17, 15) is 4.79 Å². The molecule has 5 nitrogen and oxygen atoms in total. The molecule has 1 aliphatic rings. The molecular formula is C18H18N4O. The molecular weight excluding hydrogens is 288 g/mol. The Bertz CT molecular complexity index is 855. The fourth-order valence-electron chi connectivity index (χ4n) is 3.27. The van der Waals surface area contributed by atoms with Crippen molar-refractivity contribution in [3.05, 3.63) is 65.9 Å². The third-order valence-electron chi connectivity index (χ3n) is 4.56. The van der Waals surface area contributed by atoms with Gasteiger partial charge >= 0.3 is 0 Å². The second-order valence-electron chi connectivity index (χ2n) is 5.98. The fourth-order valence-corrected chi connectivity index (χ4v) is 3.27. The Hall–Kier alpha value is -2.69. The highest BCUT2D eigenvalue weighted by atomic mass is 16.1. The summed E-state index contributed by atoms with van der Waals surface area (Å²) in [5, 5.41) is 3.06. The van der Waals surface area contributed by atoms with Gasteiger partial charge in [-0.1, -0.05) is 24.3 Å². The lowest BCUT2D eigenvalue weighted by atomic mass is 9.83. The third kappa shape index (κ3) is 2.70. The number of fused-ring (bicyclic) bond motifs is 2. The molecule has 2 aromatic heterocycles. The van der Waals surface area contributed by atoms with Crippen LogP contribution in [0.15, 0.2) is 49.1 Å². The van der Waals surface area contributed by atoms with Gasteiger partial charge in [-0.15, -0.1) is 0 Å². The van der Waals surface area contributed by atoms with E-state index in [1.165, 1.54) is 11.1 Å². The van der Waals surface area contributed by atoms with Crippen molar-refractivity contribution >= 4 is 11.6 Å². The lowest BCUT2D eigenvalue weighted by Gasteiger charge is -2.23. The van der Waals surface area contributed by atoms with Crippen LogP contribution in [-0.2, 0) is 24.2 Å². The molecule has 3 aromatic rings. The lowest BCUT2D eigenvalue weighted by Crippen LogP contribution is -2.34. The number of nitrogens with one attached hydrogen (secondary N) is 1. The summed E-state index contributed by atoms with van der Waals surface area (Å²) in [4.78, 5) is 20.8. The van der Waals surface area contributed by atoms with Gasteiger partial charge in [-0.2, -0.15) is 0 Å². The first-order valence-electron chi connectivity index (χ1n) is 7.92. The molecule has 0 radical (unpaired) electrons. The number of hydrogen-bond donors (Lipinski definition) is 1. The number of aromatic nitrogens is 3. The molecule has 0 aliphatic heterocycles. The molecule has 2 heterocycles. The molecule has 1 N–H and O–H groups in total. The molecule has 1 atom stereocenters. The Kier molecular flexibility index (Phi) is 3.54. The summed E-state index contributed by atoms with van der Waals surface area (Å²) in [7, 11) is 0. The minimum Gasteiger partial charge on any atom is -0.350 e. The number of hydrogen-bond acceptors (Lipinski definition) is 3. The standard InChI is InChI=1S/C18H18N4O/c23-18(15-6-5-13-3-1-2-4-14(13)9-15)21-11-16-10-20-17-12-19-7-8-22(16)17/h1-4,7-8,10,12,15H,5-6,9,11H2,(H,21,23)/t15-/m1/s1. The number of amides is 1. The van der Waals surface area contributed by atoms with Gasteiger partial charge < -0.3 is 5.32 Å². The highest BCUT2D eigenvalue weighted by Crippen LogP contribution is 2.25. The Morgan fingerprint density at radius 2 is 2.13 bits per heavy atom. The van der Waals surface area contributed by atoms with Gasteiger partial charge in [0.25, 0.3) is 0 Å². The molecule has 4 rings (SSSR count). The molecule has 1 aromatic carbocycles. The van der Waals surface area contributed by atoms with Gasteiger partial charge in [-0.3, -0.25) is 14.2 Å². The smallest absolute Gasteiger partial charge is 0.223 e. The number of imidazole rings is 1. The molecule has 0 fully saturated rings. The predicted molar refractivity (Wildman–Crippen MR) is 86.8 cm³/mol. The van der Waals surface area contributed by atoms with Crippen LogP contribution in [0.25, 0.3) is 5.65 Å². The van der Waals surface area contributed by atoms with Gasteiger partial charge in [0.1, 0.15) is 0 Å². The van der Waals surface area contributed by atoms with Gasteiger partial charge in [0.15, 0.2) is 5.65 Å². The number of carbonyl (C=O) groups is 1. The maximum absolute atomic E-state index is 12.5. The summed E-state index contributed by atoms with van der Waals surface area (Å²) in [6.07, 6.45) is 9.81. The van der Waals surface area contributed by atoms with E-state index in [-0.39, 0.29) is 11.8 Å². The van der Waals surface area contributed by atoms with E-state index in [0.717, 1.165) is 30.6 Å². The van der Waals surface area contributed by atoms with E-state index in [4.69, 9.17) is 0 Å². The SMILES string of the molecule is O=C(NCc1cnc2cnccn12)[C@@H]1CCc2ccccc2C1. The van der Waals surface area contributed by atoms with Crippen LogP contribution in [-0.4, -0.2) is 20.3 Å². The molecule has 116 valence electrons. The van der Waals surface area contributed by atoms with E-state index in [1.807, 2.05) is 16.7 Å². The van der Waals surface area contributed by atoms with Crippen molar-refractivity contribution in [1.29, 1.82) is 0 Å².